The molecule has 0 radical (unpaired) electrons. The Morgan fingerprint density at radius 1 is 1.06 bits per heavy atom. The van der Waals surface area contributed by atoms with Gasteiger partial charge in [0.15, 0.2) is 0 Å². The monoisotopic (exact) mass is 460 g/mol. The van der Waals surface area contributed by atoms with Gasteiger partial charge in [-0.3, -0.25) is 19.3 Å². The number of esters is 1. The molecule has 0 spiro atoms. The van der Waals surface area contributed by atoms with Crippen LogP contribution in [0.3, 0.4) is 0 Å². The summed E-state index contributed by atoms with van der Waals surface area (Å²) in [5.41, 5.74) is 1.05. The van der Waals surface area contributed by atoms with Gasteiger partial charge in [0.25, 0.3) is 17.7 Å². The highest BCUT2D eigenvalue weighted by Crippen LogP contribution is 2.22. The number of fused-ring (bicyclic) bond motifs is 1. The van der Waals surface area contributed by atoms with Crippen LogP contribution in [0.2, 0.25) is 5.02 Å². The summed E-state index contributed by atoms with van der Waals surface area (Å²) in [6, 6.07) is 12.0. The zero-order chi connectivity index (χ0) is 22.4. The predicted molar refractivity (Wildman–Crippen MR) is 118 cm³/mol. The van der Waals surface area contributed by atoms with Crippen LogP contribution < -0.4 is 5.32 Å². The molecule has 0 saturated carbocycles. The molecule has 1 aliphatic rings. The number of imide groups is 1. The highest BCUT2D eigenvalue weighted by atomic mass is 35.5. The van der Waals surface area contributed by atoms with E-state index in [1.165, 1.54) is 11.8 Å². The van der Waals surface area contributed by atoms with E-state index >= 15 is 0 Å². The van der Waals surface area contributed by atoms with E-state index in [2.05, 4.69) is 5.32 Å². The molecule has 0 saturated heterocycles. The third-order valence-corrected chi connectivity index (χ3v) is 5.64. The molecule has 0 fully saturated rings. The maximum absolute atomic E-state index is 12.6. The second kappa shape index (κ2) is 10.5. The Balaban J connectivity index is 1.57. The maximum atomic E-state index is 12.6. The summed E-state index contributed by atoms with van der Waals surface area (Å²) in [5, 5.41) is 3.18. The van der Waals surface area contributed by atoms with E-state index in [4.69, 9.17) is 16.3 Å². The predicted octanol–water partition coefficient (Wildman–Crippen LogP) is 3.03. The number of carbonyl (C=O) groups is 4. The Bertz CT molecular complexity index is 961. The lowest BCUT2D eigenvalue weighted by atomic mass is 10.1. The molecule has 9 heteroatoms. The van der Waals surface area contributed by atoms with E-state index in [0.717, 1.165) is 4.90 Å². The van der Waals surface area contributed by atoms with Crippen molar-refractivity contribution in [2.45, 2.75) is 12.5 Å². The Kier molecular flexibility index (Phi) is 7.70. The van der Waals surface area contributed by atoms with Crippen LogP contribution in [0.15, 0.2) is 48.5 Å². The van der Waals surface area contributed by atoms with Gasteiger partial charge in [-0.25, -0.2) is 4.79 Å². The van der Waals surface area contributed by atoms with Crippen molar-refractivity contribution in [1.29, 1.82) is 0 Å². The fourth-order valence-corrected chi connectivity index (χ4v) is 3.71. The second-order valence-corrected chi connectivity index (χ2v) is 8.21. The number of rotatable bonds is 9. The summed E-state index contributed by atoms with van der Waals surface area (Å²) in [7, 11) is 0. The number of hydrogen-bond donors (Lipinski definition) is 1. The molecule has 1 aliphatic heterocycles. The third kappa shape index (κ3) is 5.45. The quantitative estimate of drug-likeness (QED) is 0.456. The first-order valence-corrected chi connectivity index (χ1v) is 11.4. The summed E-state index contributed by atoms with van der Waals surface area (Å²) in [5.74, 6) is -1.22. The smallest absolute Gasteiger partial charge is 0.328 e. The number of ether oxygens (including phenoxy) is 1. The van der Waals surface area contributed by atoms with Gasteiger partial charge in [-0.1, -0.05) is 23.7 Å². The SMILES string of the molecule is CSCC[C@@H](NC(=O)c1ccc(Cl)cc1)C(=O)OCCN1C(=O)c2ccccc2C1=O. The van der Waals surface area contributed by atoms with Crippen molar-refractivity contribution in [3.63, 3.8) is 0 Å². The van der Waals surface area contributed by atoms with Gasteiger partial charge in [-0.05, 0) is 54.8 Å². The highest BCUT2D eigenvalue weighted by Gasteiger charge is 2.35. The van der Waals surface area contributed by atoms with E-state index in [1.807, 2.05) is 6.26 Å². The molecule has 162 valence electrons. The fourth-order valence-electron chi connectivity index (χ4n) is 3.11. The van der Waals surface area contributed by atoms with Crippen LogP contribution in [0, 0.1) is 0 Å². The van der Waals surface area contributed by atoms with Crippen molar-refractivity contribution in [2.75, 3.05) is 25.2 Å². The number of hydrogen-bond acceptors (Lipinski definition) is 6. The van der Waals surface area contributed by atoms with E-state index in [1.54, 1.807) is 48.5 Å². The molecule has 1 N–H and O–H groups in total. The van der Waals surface area contributed by atoms with E-state index in [9.17, 15) is 19.2 Å². The molecule has 0 bridgehead atoms. The molecule has 2 aromatic carbocycles. The van der Waals surface area contributed by atoms with Gasteiger partial charge in [-0.15, -0.1) is 0 Å². The Labute approximate surface area is 189 Å². The molecule has 0 aromatic heterocycles. The standard InChI is InChI=1S/C22H21ClN2O5S/c1-31-13-10-18(24-19(26)14-6-8-15(23)9-7-14)22(29)30-12-11-25-20(27)16-4-2-3-5-17(16)21(25)28/h2-9,18H,10-13H2,1H3,(H,24,26)/t18-/m1/s1. The van der Waals surface area contributed by atoms with Crippen LogP contribution in [0.1, 0.15) is 37.5 Å². The second-order valence-electron chi connectivity index (χ2n) is 6.79. The Hall–Kier alpha value is -2.84. The number of carbonyl (C=O) groups excluding carboxylic acids is 4. The van der Waals surface area contributed by atoms with Crippen LogP contribution in [0.25, 0.3) is 0 Å². The molecule has 31 heavy (non-hydrogen) atoms. The lowest BCUT2D eigenvalue weighted by Crippen LogP contribution is -2.43. The molecule has 2 aromatic rings. The van der Waals surface area contributed by atoms with Crippen molar-refractivity contribution >= 4 is 47.1 Å². The minimum atomic E-state index is -0.849. The summed E-state index contributed by atoms with van der Waals surface area (Å²) in [6.45, 7) is -0.213. The number of nitrogens with zero attached hydrogens (tertiary/aromatic N) is 1. The topological polar surface area (TPSA) is 92.8 Å². The van der Waals surface area contributed by atoms with E-state index in [0.29, 0.717) is 33.9 Å². The normalized spacial score (nSPS) is 13.7. The minimum absolute atomic E-state index is 0.0571. The summed E-state index contributed by atoms with van der Waals surface area (Å²) in [4.78, 5) is 50.8. The van der Waals surface area contributed by atoms with Gasteiger partial charge in [0.2, 0.25) is 0 Å². The van der Waals surface area contributed by atoms with E-state index in [-0.39, 0.29) is 13.2 Å². The lowest BCUT2D eigenvalue weighted by Gasteiger charge is -2.19. The van der Waals surface area contributed by atoms with Gasteiger partial charge in [-0.2, -0.15) is 11.8 Å². The molecule has 0 aliphatic carbocycles. The first kappa shape index (κ1) is 22.8. The number of halogens is 1. The highest BCUT2D eigenvalue weighted by molar-refractivity contribution is 7.98. The van der Waals surface area contributed by atoms with Gasteiger partial charge in [0.1, 0.15) is 12.6 Å². The molecule has 1 atom stereocenters. The first-order chi connectivity index (χ1) is 14.9. The zero-order valence-corrected chi connectivity index (χ0v) is 18.4. The molecular formula is C22H21ClN2O5S. The summed E-state index contributed by atoms with van der Waals surface area (Å²) < 4.78 is 5.28. The first-order valence-electron chi connectivity index (χ1n) is 9.59. The van der Waals surface area contributed by atoms with Crippen LogP contribution in [-0.2, 0) is 9.53 Å². The third-order valence-electron chi connectivity index (χ3n) is 4.74. The number of thioether (sulfide) groups is 1. The molecule has 1 heterocycles. The minimum Gasteiger partial charge on any atom is -0.462 e. The average molecular weight is 461 g/mol. The molecule has 7 nitrogen and oxygen atoms in total. The largest absolute Gasteiger partial charge is 0.462 e. The lowest BCUT2D eigenvalue weighted by molar-refractivity contribution is -0.146. The fraction of sp³-hybridized carbons (Fsp3) is 0.273. The average Bonchev–Trinajstić information content (AvgIpc) is 3.02. The maximum Gasteiger partial charge on any atom is 0.328 e. The summed E-state index contributed by atoms with van der Waals surface area (Å²) in [6.07, 6.45) is 2.28. The van der Waals surface area contributed by atoms with Crippen LogP contribution in [0.5, 0.6) is 0 Å². The van der Waals surface area contributed by atoms with E-state index < -0.39 is 29.7 Å². The van der Waals surface area contributed by atoms with Gasteiger partial charge >= 0.3 is 5.97 Å². The van der Waals surface area contributed by atoms with Crippen LogP contribution in [0.4, 0.5) is 0 Å². The zero-order valence-electron chi connectivity index (χ0n) is 16.8. The van der Waals surface area contributed by atoms with Gasteiger partial charge in [0, 0.05) is 10.6 Å². The van der Waals surface area contributed by atoms with Crippen molar-refractivity contribution in [2.24, 2.45) is 0 Å². The Morgan fingerprint density at radius 3 is 2.26 bits per heavy atom. The molecule has 3 amide bonds. The summed E-state index contributed by atoms with van der Waals surface area (Å²) >= 11 is 7.38. The van der Waals surface area contributed by atoms with Crippen LogP contribution >= 0.6 is 23.4 Å². The van der Waals surface area contributed by atoms with Gasteiger partial charge < -0.3 is 10.1 Å². The Morgan fingerprint density at radius 2 is 1.68 bits per heavy atom. The number of benzene rings is 2. The number of amides is 3. The van der Waals surface area contributed by atoms with Crippen molar-refractivity contribution in [1.82, 2.24) is 10.2 Å². The van der Waals surface area contributed by atoms with Crippen molar-refractivity contribution in [3.05, 3.63) is 70.2 Å². The molecule has 0 unspecified atom stereocenters. The van der Waals surface area contributed by atoms with Crippen molar-refractivity contribution < 1.29 is 23.9 Å². The molecular weight excluding hydrogens is 440 g/mol. The molecule has 3 rings (SSSR count). The van der Waals surface area contributed by atoms with Crippen molar-refractivity contribution in [3.8, 4) is 0 Å². The number of nitrogens with one attached hydrogen (secondary N) is 1. The van der Waals surface area contributed by atoms with Crippen LogP contribution in [-0.4, -0.2) is 59.8 Å². The van der Waals surface area contributed by atoms with Gasteiger partial charge in [0.05, 0.1) is 17.7 Å².